The number of nitrogens with one attached hydrogen (secondary N) is 1. The van der Waals surface area contributed by atoms with Crippen molar-refractivity contribution in [1.82, 2.24) is 4.72 Å². The Morgan fingerprint density at radius 1 is 1.48 bits per heavy atom. The molecule has 0 bridgehead atoms. The van der Waals surface area contributed by atoms with E-state index in [9.17, 15) is 22.4 Å². The summed E-state index contributed by atoms with van der Waals surface area (Å²) in [5.74, 6) is -3.67. The van der Waals surface area contributed by atoms with E-state index in [1.807, 2.05) is 0 Å². The van der Waals surface area contributed by atoms with Crippen molar-refractivity contribution in [3.05, 3.63) is 24.0 Å². The molecule has 0 fully saturated rings. The maximum atomic E-state index is 13.5. The largest absolute Gasteiger partial charge is 0.494 e. The van der Waals surface area contributed by atoms with Gasteiger partial charge in [0.05, 0.1) is 18.4 Å². The van der Waals surface area contributed by atoms with Crippen LogP contribution in [-0.2, 0) is 19.6 Å². The minimum Gasteiger partial charge on any atom is -0.494 e. The highest BCUT2D eigenvalue weighted by Crippen LogP contribution is 2.20. The van der Waals surface area contributed by atoms with Crippen LogP contribution < -0.4 is 15.2 Å². The summed E-state index contributed by atoms with van der Waals surface area (Å²) < 4.78 is 43.8. The molecule has 0 aliphatic heterocycles. The number of carbonyl (C=O) groups excluding carboxylic acids is 1. The number of primary amides is 1. The zero-order chi connectivity index (χ0) is 16.2. The van der Waals surface area contributed by atoms with Crippen molar-refractivity contribution in [3.63, 3.8) is 0 Å². The van der Waals surface area contributed by atoms with E-state index in [1.165, 1.54) is 7.11 Å². The molecule has 1 amide bonds. The first kappa shape index (κ1) is 16.9. The van der Waals surface area contributed by atoms with E-state index in [4.69, 9.17) is 10.8 Å². The van der Waals surface area contributed by atoms with Crippen LogP contribution in [0.4, 0.5) is 4.39 Å². The molecule has 0 radical (unpaired) electrons. The monoisotopic (exact) mass is 320 g/mol. The van der Waals surface area contributed by atoms with Crippen molar-refractivity contribution in [2.75, 3.05) is 7.11 Å². The predicted octanol–water partition coefficient (Wildman–Crippen LogP) is -0.559. The summed E-state index contributed by atoms with van der Waals surface area (Å²) in [7, 11) is -3.13. The lowest BCUT2D eigenvalue weighted by molar-refractivity contribution is -0.140. The van der Waals surface area contributed by atoms with Crippen LogP contribution in [0.2, 0.25) is 0 Å². The van der Waals surface area contributed by atoms with Crippen LogP contribution in [0.3, 0.4) is 0 Å². The number of methoxy groups -OCH3 is 1. The van der Waals surface area contributed by atoms with Crippen LogP contribution >= 0.6 is 0 Å². The van der Waals surface area contributed by atoms with Gasteiger partial charge in [-0.05, 0) is 18.2 Å². The standard InChI is InChI=1S/C11H13FN2O6S/c1-20-9-3-2-6(4-7(9)12)21(18,19)14-8(11(16)17)5-10(13)15/h2-4,8,14H,5H2,1H3,(H2,13,15)(H,16,17)/t8-/m0/s1. The Morgan fingerprint density at radius 2 is 2.10 bits per heavy atom. The Kier molecular flexibility index (Phi) is 5.22. The van der Waals surface area contributed by atoms with Crippen molar-refractivity contribution < 1.29 is 32.2 Å². The van der Waals surface area contributed by atoms with Gasteiger partial charge in [0.1, 0.15) is 6.04 Å². The lowest BCUT2D eigenvalue weighted by atomic mass is 10.2. The Morgan fingerprint density at radius 3 is 2.52 bits per heavy atom. The molecule has 0 aliphatic carbocycles. The van der Waals surface area contributed by atoms with E-state index in [0.717, 1.165) is 12.1 Å². The molecule has 1 aromatic carbocycles. The maximum absolute atomic E-state index is 13.5. The van der Waals surface area contributed by atoms with Crippen LogP contribution in [0.15, 0.2) is 23.1 Å². The van der Waals surface area contributed by atoms with Gasteiger partial charge in [-0.15, -0.1) is 0 Å². The van der Waals surface area contributed by atoms with Crippen LogP contribution in [-0.4, -0.2) is 38.6 Å². The van der Waals surface area contributed by atoms with E-state index in [2.05, 4.69) is 4.74 Å². The third kappa shape index (κ3) is 4.39. The van der Waals surface area contributed by atoms with Crippen LogP contribution in [0.25, 0.3) is 0 Å². The first-order valence-corrected chi connectivity index (χ1v) is 7.02. The second-order valence-corrected chi connectivity index (χ2v) is 5.69. The number of hydrogen-bond donors (Lipinski definition) is 3. The fourth-order valence-electron chi connectivity index (χ4n) is 1.45. The lowest BCUT2D eigenvalue weighted by Gasteiger charge is -2.13. The number of nitrogens with two attached hydrogens (primary N) is 1. The van der Waals surface area contributed by atoms with Crippen LogP contribution in [0, 0.1) is 5.82 Å². The van der Waals surface area contributed by atoms with Gasteiger partial charge in [-0.3, -0.25) is 9.59 Å². The Labute approximate surface area is 119 Å². The summed E-state index contributed by atoms with van der Waals surface area (Å²) in [6.45, 7) is 0. The van der Waals surface area contributed by atoms with Crippen molar-refractivity contribution in [3.8, 4) is 5.75 Å². The number of ether oxygens (including phenoxy) is 1. The first-order chi connectivity index (χ1) is 9.67. The number of rotatable bonds is 7. The third-order valence-electron chi connectivity index (χ3n) is 2.43. The minimum atomic E-state index is -4.33. The average molecular weight is 320 g/mol. The van der Waals surface area contributed by atoms with Gasteiger partial charge in [-0.1, -0.05) is 0 Å². The van der Waals surface area contributed by atoms with Crippen molar-refractivity contribution in [1.29, 1.82) is 0 Å². The van der Waals surface area contributed by atoms with Gasteiger partial charge in [-0.2, -0.15) is 4.72 Å². The highest BCUT2D eigenvalue weighted by Gasteiger charge is 2.27. The molecule has 0 spiro atoms. The zero-order valence-electron chi connectivity index (χ0n) is 10.9. The molecule has 0 aliphatic rings. The molecule has 0 heterocycles. The van der Waals surface area contributed by atoms with E-state index < -0.39 is 45.1 Å². The van der Waals surface area contributed by atoms with Gasteiger partial charge < -0.3 is 15.6 Å². The fraction of sp³-hybridized carbons (Fsp3) is 0.273. The summed E-state index contributed by atoms with van der Waals surface area (Å²) in [6, 6.07) is 1.04. The molecule has 10 heteroatoms. The van der Waals surface area contributed by atoms with E-state index in [1.54, 1.807) is 4.72 Å². The summed E-state index contributed by atoms with van der Waals surface area (Å²) in [5.41, 5.74) is 4.84. The molecule has 1 aromatic rings. The molecule has 1 atom stereocenters. The molecule has 1 rings (SSSR count). The van der Waals surface area contributed by atoms with Gasteiger partial charge in [0.25, 0.3) is 0 Å². The molecule has 4 N–H and O–H groups in total. The highest BCUT2D eigenvalue weighted by molar-refractivity contribution is 7.89. The number of carbonyl (C=O) groups is 2. The Balaban J connectivity index is 3.07. The molecule has 0 aromatic heterocycles. The van der Waals surface area contributed by atoms with Gasteiger partial charge >= 0.3 is 5.97 Å². The number of benzene rings is 1. The second kappa shape index (κ2) is 6.50. The molecule has 8 nitrogen and oxygen atoms in total. The second-order valence-electron chi connectivity index (χ2n) is 3.98. The van der Waals surface area contributed by atoms with Crippen LogP contribution in [0.1, 0.15) is 6.42 Å². The molecule has 21 heavy (non-hydrogen) atoms. The number of halogens is 1. The van der Waals surface area contributed by atoms with Crippen LogP contribution in [0.5, 0.6) is 5.75 Å². The third-order valence-corrected chi connectivity index (χ3v) is 3.90. The number of amides is 1. The smallest absolute Gasteiger partial charge is 0.322 e. The van der Waals surface area contributed by atoms with Gasteiger partial charge in [0.15, 0.2) is 11.6 Å². The summed E-state index contributed by atoms with van der Waals surface area (Å²) >= 11 is 0. The first-order valence-electron chi connectivity index (χ1n) is 5.54. The molecule has 116 valence electrons. The number of carboxylic acids is 1. The summed E-state index contributed by atoms with van der Waals surface area (Å²) in [5, 5.41) is 8.84. The lowest BCUT2D eigenvalue weighted by Crippen LogP contribution is -2.43. The summed E-state index contributed by atoms with van der Waals surface area (Å²) in [6.07, 6.45) is -0.729. The van der Waals surface area contributed by atoms with Gasteiger partial charge in [0.2, 0.25) is 15.9 Å². The Hall–Kier alpha value is -2.20. The number of hydrogen-bond acceptors (Lipinski definition) is 5. The Bertz CT molecular complexity index is 661. The molecular weight excluding hydrogens is 307 g/mol. The highest BCUT2D eigenvalue weighted by atomic mass is 32.2. The van der Waals surface area contributed by atoms with Gasteiger partial charge in [0, 0.05) is 0 Å². The SMILES string of the molecule is COc1ccc(S(=O)(=O)N[C@@H](CC(N)=O)C(=O)O)cc1F. The minimum absolute atomic E-state index is 0.166. The number of sulfonamides is 1. The molecular formula is C11H13FN2O6S. The molecule has 0 saturated heterocycles. The van der Waals surface area contributed by atoms with Crippen molar-refractivity contribution in [2.45, 2.75) is 17.4 Å². The molecule has 0 saturated carbocycles. The fourth-order valence-corrected chi connectivity index (χ4v) is 2.65. The number of aliphatic carboxylic acids is 1. The van der Waals surface area contributed by atoms with E-state index >= 15 is 0 Å². The molecule has 0 unspecified atom stereocenters. The maximum Gasteiger partial charge on any atom is 0.322 e. The quantitative estimate of drug-likeness (QED) is 0.616. The zero-order valence-corrected chi connectivity index (χ0v) is 11.7. The topological polar surface area (TPSA) is 136 Å². The predicted molar refractivity (Wildman–Crippen MR) is 68.5 cm³/mol. The number of carboxylic acid groups (broad SMARTS) is 1. The average Bonchev–Trinajstić information content (AvgIpc) is 2.36. The van der Waals surface area contributed by atoms with E-state index in [-0.39, 0.29) is 5.75 Å². The van der Waals surface area contributed by atoms with Crippen molar-refractivity contribution >= 4 is 21.9 Å². The summed E-state index contributed by atoms with van der Waals surface area (Å²) in [4.78, 5) is 21.1. The van der Waals surface area contributed by atoms with Gasteiger partial charge in [-0.25, -0.2) is 12.8 Å². The van der Waals surface area contributed by atoms with Crippen molar-refractivity contribution in [2.24, 2.45) is 5.73 Å². The normalized spacial score (nSPS) is 12.7. The van der Waals surface area contributed by atoms with E-state index in [0.29, 0.717) is 6.07 Å².